The minimum absolute atomic E-state index is 0.0841. The largest absolute Gasteiger partial charge is 0.508 e. The van der Waals surface area contributed by atoms with Crippen molar-refractivity contribution in [2.24, 2.45) is 17.4 Å². The zero-order valence-electron chi connectivity index (χ0n) is 40.7. The van der Waals surface area contributed by atoms with Crippen LogP contribution in [0.15, 0.2) is 67.1 Å². The molecule has 0 spiro atoms. The van der Waals surface area contributed by atoms with E-state index in [2.05, 4.69) is 52.5 Å². The zero-order chi connectivity index (χ0) is 55.1. The predicted molar refractivity (Wildman–Crippen MR) is 258 cm³/mol. The smallest absolute Gasteiger partial charge is 0.304 e. The quantitative estimate of drug-likeness (QED) is 0.0296. The number of carbonyl (C=O) groups is 12. The summed E-state index contributed by atoms with van der Waals surface area (Å²) in [6.07, 6.45) is 0.0604. The Morgan fingerprint density at radius 3 is 1.62 bits per heavy atom. The van der Waals surface area contributed by atoms with E-state index in [9.17, 15) is 62.6 Å². The van der Waals surface area contributed by atoms with Gasteiger partial charge in [0.2, 0.25) is 59.1 Å². The van der Waals surface area contributed by atoms with Gasteiger partial charge in [-0.3, -0.25) is 57.5 Å². The van der Waals surface area contributed by atoms with Crippen LogP contribution >= 0.6 is 0 Å². The Kier molecular flexibility index (Phi) is 23.6. The summed E-state index contributed by atoms with van der Waals surface area (Å²) in [6, 6.07) is 4.24. The topological polar surface area (TPSA) is 442 Å². The van der Waals surface area contributed by atoms with Crippen molar-refractivity contribution in [1.82, 2.24) is 52.5 Å². The molecule has 0 aliphatic rings. The molecule has 1 aromatic heterocycles. The van der Waals surface area contributed by atoms with E-state index in [0.29, 0.717) is 16.8 Å². The number of phenols is 1. The van der Waals surface area contributed by atoms with Gasteiger partial charge in [-0.1, -0.05) is 49.4 Å². The highest BCUT2D eigenvalue weighted by molar-refractivity contribution is 5.97. The van der Waals surface area contributed by atoms with E-state index in [1.807, 2.05) is 0 Å². The van der Waals surface area contributed by atoms with Gasteiger partial charge in [0.15, 0.2) is 0 Å². The van der Waals surface area contributed by atoms with Gasteiger partial charge in [-0.25, -0.2) is 4.98 Å². The summed E-state index contributed by atoms with van der Waals surface area (Å²) in [6.45, 7) is 3.10. The number of aromatic nitrogens is 2. The Hall–Kier alpha value is -8.91. The Labute approximate surface area is 423 Å². The Bertz CT molecular complexity index is 2470. The third kappa shape index (κ3) is 21.2. The van der Waals surface area contributed by atoms with Crippen molar-refractivity contribution in [3.63, 3.8) is 0 Å². The number of carboxylic acids is 2. The van der Waals surface area contributed by atoms with Crippen LogP contribution in [0.4, 0.5) is 0 Å². The highest BCUT2D eigenvalue weighted by atomic mass is 16.4. The number of carboxylic acid groups (broad SMARTS) is 2. The molecule has 3 aromatic rings. The minimum Gasteiger partial charge on any atom is -0.508 e. The van der Waals surface area contributed by atoms with E-state index < -0.39 is 139 Å². The van der Waals surface area contributed by atoms with Gasteiger partial charge in [0, 0.05) is 49.9 Å². The molecule has 27 nitrogen and oxygen atoms in total. The number of nitrogens with zero attached hydrogens (tertiary/aromatic N) is 1. The van der Waals surface area contributed by atoms with Gasteiger partial charge in [-0.05, 0) is 49.9 Å². The van der Waals surface area contributed by atoms with Crippen LogP contribution in [-0.2, 0) is 76.8 Å². The van der Waals surface area contributed by atoms with Gasteiger partial charge >= 0.3 is 11.9 Å². The highest BCUT2D eigenvalue weighted by Gasteiger charge is 2.32. The number of amides is 10. The molecular formula is C47H62N12O15. The fraction of sp³-hybridized carbons (Fsp3) is 0.426. The van der Waals surface area contributed by atoms with Crippen LogP contribution in [0, 0.1) is 5.92 Å². The molecule has 400 valence electrons. The van der Waals surface area contributed by atoms with Crippen molar-refractivity contribution in [1.29, 1.82) is 0 Å². The molecule has 27 heteroatoms. The number of imidazole rings is 1. The number of carbonyl (C=O) groups excluding carboxylic acids is 10. The Morgan fingerprint density at radius 1 is 0.554 bits per heavy atom. The van der Waals surface area contributed by atoms with E-state index in [1.54, 1.807) is 30.3 Å². The van der Waals surface area contributed by atoms with Crippen LogP contribution in [0.5, 0.6) is 5.75 Å². The molecule has 0 fully saturated rings. The Morgan fingerprint density at radius 2 is 1.05 bits per heavy atom. The highest BCUT2D eigenvalue weighted by Crippen LogP contribution is 2.13. The van der Waals surface area contributed by atoms with Crippen LogP contribution in [0.2, 0.25) is 0 Å². The molecule has 0 aliphatic heterocycles. The second-order valence-corrected chi connectivity index (χ2v) is 17.2. The molecule has 0 aliphatic carbocycles. The number of H-pyrrole nitrogens is 1. The van der Waals surface area contributed by atoms with Crippen LogP contribution in [0.3, 0.4) is 0 Å². The molecule has 0 saturated carbocycles. The molecule has 2 aromatic carbocycles. The van der Waals surface area contributed by atoms with Gasteiger partial charge < -0.3 is 74.3 Å². The lowest BCUT2D eigenvalue weighted by Gasteiger charge is -2.25. The molecule has 1 unspecified atom stereocenters. The average Bonchev–Trinajstić information content (AvgIpc) is 3.86. The minimum atomic E-state index is -1.46. The third-order valence-corrected chi connectivity index (χ3v) is 11.0. The first-order valence-electron chi connectivity index (χ1n) is 23.1. The molecular weight excluding hydrogens is 973 g/mol. The maximum Gasteiger partial charge on any atom is 0.304 e. The van der Waals surface area contributed by atoms with Crippen LogP contribution < -0.4 is 54.0 Å². The summed E-state index contributed by atoms with van der Waals surface area (Å²) in [5.41, 5.74) is 12.0. The lowest BCUT2D eigenvalue weighted by atomic mass is 10.0. The maximum absolute atomic E-state index is 13.7. The van der Waals surface area contributed by atoms with Gasteiger partial charge in [0.25, 0.3) is 0 Å². The number of rotatable bonds is 31. The second kappa shape index (κ2) is 29.4. The number of primary amides is 2. The van der Waals surface area contributed by atoms with Crippen molar-refractivity contribution in [3.8, 4) is 5.75 Å². The lowest BCUT2D eigenvalue weighted by Crippen LogP contribution is -2.59. The molecule has 0 saturated heterocycles. The molecule has 16 N–H and O–H groups in total. The fourth-order valence-electron chi connectivity index (χ4n) is 6.90. The summed E-state index contributed by atoms with van der Waals surface area (Å²) in [5, 5.41) is 47.5. The Balaban J connectivity index is 1.72. The van der Waals surface area contributed by atoms with E-state index in [0.717, 1.165) is 0 Å². The number of aromatic amines is 1. The first-order chi connectivity index (χ1) is 34.9. The number of benzene rings is 2. The van der Waals surface area contributed by atoms with Gasteiger partial charge in [-0.2, -0.15) is 0 Å². The van der Waals surface area contributed by atoms with Crippen molar-refractivity contribution in [2.45, 2.75) is 114 Å². The van der Waals surface area contributed by atoms with Crippen molar-refractivity contribution >= 4 is 71.0 Å². The zero-order valence-corrected chi connectivity index (χ0v) is 40.7. The first kappa shape index (κ1) is 59.4. The van der Waals surface area contributed by atoms with Crippen molar-refractivity contribution in [2.75, 3.05) is 6.54 Å². The first-order valence-corrected chi connectivity index (χ1v) is 23.1. The molecule has 0 radical (unpaired) electrons. The van der Waals surface area contributed by atoms with Crippen molar-refractivity contribution in [3.05, 3.63) is 83.9 Å². The number of nitrogens with one attached hydrogen (secondary N) is 9. The number of hydrogen-bond acceptors (Lipinski definition) is 14. The van der Waals surface area contributed by atoms with Gasteiger partial charge in [0.05, 0.1) is 19.3 Å². The lowest BCUT2D eigenvalue weighted by molar-refractivity contribution is -0.141. The van der Waals surface area contributed by atoms with E-state index >= 15 is 0 Å². The molecule has 0 bridgehead atoms. The molecule has 74 heavy (non-hydrogen) atoms. The van der Waals surface area contributed by atoms with Crippen molar-refractivity contribution < 1.29 is 72.9 Å². The average molecular weight is 1040 g/mol. The molecule has 3 rings (SSSR count). The van der Waals surface area contributed by atoms with Crippen LogP contribution in [-0.4, -0.2) is 145 Å². The fourth-order valence-corrected chi connectivity index (χ4v) is 6.90. The van der Waals surface area contributed by atoms with Gasteiger partial charge in [0.1, 0.15) is 48.0 Å². The van der Waals surface area contributed by atoms with Crippen LogP contribution in [0.25, 0.3) is 0 Å². The molecule has 1 heterocycles. The standard InChI is InChI=1S/C47H62N12O15/c1-24(17-39(65)66)41(68)57-32(13-15-36(48)61)45(72)59-33(19-28-9-11-30(60)12-10-28)44(71)51-22-37(62)55-35(20-29-21-50-23-52-29)46(73)54-25(2)42(69)53-26(3)43(70)58-34(18-27-7-5-4-6-8-27)47(74)56-31(40(49)67)14-16-38(63)64/h4-12,21,23-26,31-35,60H,13-20,22H2,1-3H3,(H2,48,61)(H2,49,67)(H,50,52)(H,51,71)(H,53,69)(H,54,73)(H,55,62)(H,56,74)(H,57,68)(H,58,70)(H,59,72)(H,63,64)(H,65,66)/t24?,25-,26-,31-,32-,33-,34-,35-/m0/s1. The summed E-state index contributed by atoms with van der Waals surface area (Å²) in [4.78, 5) is 160. The SMILES string of the molecule is CC(CC(=O)O)C(=O)N[C@@H](CCC(N)=O)C(=O)N[C@@H](Cc1ccc(O)cc1)C(=O)NCC(=O)N[C@@H](Cc1cnc[nH]1)C(=O)N[C@@H](C)C(=O)N[C@@H](C)C(=O)N[C@@H](Cc1ccccc1)C(=O)N[C@@H](CCC(=O)O)C(N)=O. The summed E-state index contributed by atoms with van der Waals surface area (Å²) < 4.78 is 0. The maximum atomic E-state index is 13.7. The number of aromatic hydroxyl groups is 1. The van der Waals surface area contributed by atoms with E-state index in [-0.39, 0.29) is 44.3 Å². The third-order valence-electron chi connectivity index (χ3n) is 11.0. The summed E-state index contributed by atoms with van der Waals surface area (Å²) >= 11 is 0. The summed E-state index contributed by atoms with van der Waals surface area (Å²) in [5.74, 6) is -12.7. The van der Waals surface area contributed by atoms with E-state index in [4.69, 9.17) is 21.7 Å². The van der Waals surface area contributed by atoms with E-state index in [1.165, 1.54) is 57.6 Å². The summed E-state index contributed by atoms with van der Waals surface area (Å²) in [7, 11) is 0. The van der Waals surface area contributed by atoms with Crippen LogP contribution in [0.1, 0.15) is 69.7 Å². The van der Waals surface area contributed by atoms with Gasteiger partial charge in [-0.15, -0.1) is 0 Å². The predicted octanol–water partition coefficient (Wildman–Crippen LogP) is -3.58. The number of nitrogens with two attached hydrogens (primary N) is 2. The monoisotopic (exact) mass is 1030 g/mol. The number of aliphatic carboxylic acids is 2. The normalized spacial score (nSPS) is 14.0. The number of hydrogen-bond donors (Lipinski definition) is 14. The molecule has 8 atom stereocenters. The number of phenolic OH excluding ortho intramolecular Hbond substituents is 1. The second-order valence-electron chi connectivity index (χ2n) is 17.2. The molecule has 10 amide bonds.